The maximum atomic E-state index is 7.88. The Morgan fingerprint density at radius 1 is 1.20 bits per heavy atom. The standard InChI is InChI=1S/2Ni.H2O.O.S/h;;1H2;;. The molecular weight excluding hydrogens is 181 g/mol. The molecule has 0 aliphatic heterocycles. The molecule has 0 atom stereocenters. The summed E-state index contributed by atoms with van der Waals surface area (Å²) in [6, 6.07) is 0. The summed E-state index contributed by atoms with van der Waals surface area (Å²) in [5.74, 6) is 0. The van der Waals surface area contributed by atoms with E-state index in [9.17, 15) is 0 Å². The molecule has 0 rings (SSSR count). The first-order chi connectivity index (χ1) is 2.00. The van der Waals surface area contributed by atoms with Gasteiger partial charge in [-0.1, -0.05) is 0 Å². The first kappa shape index (κ1) is 16.7. The van der Waals surface area contributed by atoms with E-state index < -0.39 is 0 Å². The van der Waals surface area contributed by atoms with Crippen molar-refractivity contribution in [2.45, 2.75) is 0 Å². The van der Waals surface area contributed by atoms with Crippen molar-refractivity contribution >= 4 is 10.7 Å². The first-order valence-corrected chi connectivity index (χ1v) is 2.13. The van der Waals surface area contributed by atoms with Gasteiger partial charge in [0.15, 0.2) is 0 Å². The normalized spacial score (nSPS) is 2.40. The van der Waals surface area contributed by atoms with Crippen LogP contribution in [0.15, 0.2) is 0 Å². The summed E-state index contributed by atoms with van der Waals surface area (Å²) in [5.41, 5.74) is 0. The van der Waals surface area contributed by atoms with Gasteiger partial charge in [0, 0.05) is 0 Å². The second-order valence-corrected chi connectivity index (χ2v) is 0. The third-order valence-electron chi connectivity index (χ3n) is 0. The Balaban J connectivity index is -0.0000000133. The summed E-state index contributed by atoms with van der Waals surface area (Å²) >= 11 is 6.08. The molecule has 2 nitrogen and oxygen atoms in total. The topological polar surface area (TPSA) is 48.6 Å². The van der Waals surface area contributed by atoms with Gasteiger partial charge in [-0.25, -0.2) is 0 Å². The molecule has 0 fully saturated rings. The Hall–Kier alpha value is 0.967. The van der Waals surface area contributed by atoms with Gasteiger partial charge >= 0.3 is 43.8 Å². The molecule has 2 N–H and O–H groups in total. The van der Waals surface area contributed by atoms with Crippen LogP contribution in [0.4, 0.5) is 0 Å². The molecule has 0 bridgehead atoms. The first-order valence-electron chi connectivity index (χ1n) is 0.258. The van der Waals surface area contributed by atoms with E-state index in [-0.39, 0.29) is 5.48 Å². The van der Waals surface area contributed by atoms with E-state index in [1.54, 1.807) is 0 Å². The SMILES string of the molecule is O.[O]=[Ni].[S]=[Ni]. The molecule has 0 spiro atoms. The third-order valence-corrected chi connectivity index (χ3v) is 0. The van der Waals surface area contributed by atoms with Crippen molar-refractivity contribution in [3.8, 4) is 0 Å². The summed E-state index contributed by atoms with van der Waals surface area (Å²) < 4.78 is 7.88. The Kier molecular flexibility index (Phi) is 280. The molecule has 0 amide bonds. The molecule has 0 heterocycles. The van der Waals surface area contributed by atoms with Crippen molar-refractivity contribution in [3.05, 3.63) is 0 Å². The Morgan fingerprint density at radius 3 is 1.20 bits per heavy atom. The van der Waals surface area contributed by atoms with Crippen molar-refractivity contribution in [2.75, 3.05) is 0 Å². The van der Waals surface area contributed by atoms with Crippen LogP contribution in [0.2, 0.25) is 0 Å². The van der Waals surface area contributed by atoms with Gasteiger partial charge in [-0.15, -0.1) is 0 Å². The van der Waals surface area contributed by atoms with Crippen LogP contribution in [0.3, 0.4) is 0 Å². The zero-order chi connectivity index (χ0) is 4.00. The molecule has 0 aromatic carbocycles. The maximum absolute atomic E-state index is 7.88. The molecule has 5 heteroatoms. The van der Waals surface area contributed by atoms with E-state index in [0.717, 1.165) is 0 Å². The minimum atomic E-state index is 0. The number of hydrogen-bond donors (Lipinski definition) is 0. The van der Waals surface area contributed by atoms with E-state index in [1.165, 1.54) is 0 Å². The third kappa shape index (κ3) is 46.8. The van der Waals surface area contributed by atoms with E-state index >= 15 is 0 Å². The van der Waals surface area contributed by atoms with Crippen LogP contribution in [0.25, 0.3) is 0 Å². The number of rotatable bonds is 0. The Labute approximate surface area is 49.5 Å². The predicted molar refractivity (Wildman–Crippen MR) is 11.9 cm³/mol. The fraction of sp³-hybridized carbons (Fsp3) is 0. The van der Waals surface area contributed by atoms with Crippen molar-refractivity contribution in [1.29, 1.82) is 0 Å². The van der Waals surface area contributed by atoms with Gasteiger partial charge in [-0.05, 0) is 0 Å². The monoisotopic (exact) mass is 182 g/mol. The van der Waals surface area contributed by atoms with Crippen LogP contribution in [0, 0.1) is 0 Å². The van der Waals surface area contributed by atoms with Crippen molar-refractivity contribution < 1.29 is 38.6 Å². The molecule has 40 valence electrons. The van der Waals surface area contributed by atoms with Crippen LogP contribution in [-0.2, 0) is 33.2 Å². The van der Waals surface area contributed by atoms with Gasteiger partial charge in [0.05, 0.1) is 0 Å². The molecule has 0 unspecified atom stereocenters. The van der Waals surface area contributed by atoms with Crippen molar-refractivity contribution in [2.24, 2.45) is 0 Å². The molecule has 0 aromatic rings. The quantitative estimate of drug-likeness (QED) is 0.484. The molecule has 5 heavy (non-hydrogen) atoms. The Bertz CT molecular complexity index is 9.61. The van der Waals surface area contributed by atoms with Crippen LogP contribution >= 0.6 is 10.7 Å². The average Bonchev–Trinajstić information content (AvgIpc) is 1.50. The molecule has 0 aliphatic carbocycles. The summed E-state index contributed by atoms with van der Waals surface area (Å²) in [5, 5.41) is 0. The van der Waals surface area contributed by atoms with Crippen molar-refractivity contribution in [1.82, 2.24) is 0 Å². The van der Waals surface area contributed by atoms with E-state index in [2.05, 4.69) is 39.9 Å². The zero-order valence-electron chi connectivity index (χ0n) is 1.95. The summed E-state index contributed by atoms with van der Waals surface area (Å²) in [4.78, 5) is 0. The zero-order valence-corrected chi connectivity index (χ0v) is 4.74. The van der Waals surface area contributed by atoms with Gasteiger partial charge < -0.3 is 5.48 Å². The Morgan fingerprint density at radius 2 is 1.20 bits per heavy atom. The molecule has 0 aliphatic rings. The fourth-order valence-electron chi connectivity index (χ4n) is 0. The van der Waals surface area contributed by atoms with Gasteiger partial charge in [-0.2, -0.15) is 0 Å². The van der Waals surface area contributed by atoms with Crippen LogP contribution < -0.4 is 0 Å². The van der Waals surface area contributed by atoms with Gasteiger partial charge in [0.25, 0.3) is 0 Å². The molecule has 0 saturated carbocycles. The van der Waals surface area contributed by atoms with E-state index in [1.807, 2.05) is 0 Å². The minimum absolute atomic E-state index is 0. The molecular formula is H2Ni2O2S. The molecule has 0 saturated heterocycles. The van der Waals surface area contributed by atoms with E-state index in [0.29, 0.717) is 0 Å². The van der Waals surface area contributed by atoms with E-state index in [4.69, 9.17) is 3.90 Å². The number of hydrogen-bond acceptors (Lipinski definition) is 2. The van der Waals surface area contributed by atoms with Crippen molar-refractivity contribution in [3.63, 3.8) is 0 Å². The summed E-state index contributed by atoms with van der Waals surface area (Å²) in [7, 11) is 3.71. The van der Waals surface area contributed by atoms with Crippen LogP contribution in [-0.4, -0.2) is 5.48 Å². The second-order valence-electron chi connectivity index (χ2n) is 0. The predicted octanol–water partition coefficient (Wildman–Crippen LogP) is -0.300. The summed E-state index contributed by atoms with van der Waals surface area (Å²) in [6.45, 7) is 0. The summed E-state index contributed by atoms with van der Waals surface area (Å²) in [6.07, 6.45) is 0. The fourth-order valence-corrected chi connectivity index (χ4v) is 0. The van der Waals surface area contributed by atoms with Crippen LogP contribution in [0.1, 0.15) is 0 Å². The average molecular weight is 183 g/mol. The van der Waals surface area contributed by atoms with Crippen LogP contribution in [0.5, 0.6) is 0 Å². The van der Waals surface area contributed by atoms with Gasteiger partial charge in [0.1, 0.15) is 0 Å². The molecule has 0 radical (unpaired) electrons. The second kappa shape index (κ2) is 83.6. The van der Waals surface area contributed by atoms with Gasteiger partial charge in [-0.3, -0.25) is 0 Å². The molecule has 0 aromatic heterocycles. The van der Waals surface area contributed by atoms with Gasteiger partial charge in [0.2, 0.25) is 0 Å².